The van der Waals surface area contributed by atoms with E-state index in [0.29, 0.717) is 25.2 Å². The lowest BCUT2D eigenvalue weighted by molar-refractivity contribution is -0.150. The number of phenolic OH excluding ortho intramolecular Hbond substituents is 2. The van der Waals surface area contributed by atoms with Crippen LogP contribution >= 0.6 is 0 Å². The SMILES string of the molecule is CC(C)c1cc(C(=O)N2Cc3ccc(CN[C@@H](C)C(=O)OC4CCCC4)cc3C2)c(O)cc1O. The number of carbonyl (C=O) groups excluding carboxylic acids is 2. The van der Waals surface area contributed by atoms with Gasteiger partial charge in [0.05, 0.1) is 5.56 Å². The Kier molecular flexibility index (Phi) is 7.12. The molecule has 2 aromatic carbocycles. The van der Waals surface area contributed by atoms with E-state index in [4.69, 9.17) is 4.74 Å². The van der Waals surface area contributed by atoms with Crippen molar-refractivity contribution in [2.75, 3.05) is 0 Å². The number of esters is 1. The smallest absolute Gasteiger partial charge is 0.323 e. The molecule has 1 atom stereocenters. The van der Waals surface area contributed by atoms with Crippen molar-refractivity contribution >= 4 is 11.9 Å². The lowest BCUT2D eigenvalue weighted by atomic mass is 9.98. The maximum Gasteiger partial charge on any atom is 0.323 e. The Balaban J connectivity index is 1.38. The highest BCUT2D eigenvalue weighted by atomic mass is 16.5. The van der Waals surface area contributed by atoms with Gasteiger partial charge in [0, 0.05) is 25.7 Å². The second-order valence-electron chi connectivity index (χ2n) is 9.79. The molecular weight excluding hydrogens is 432 g/mol. The molecule has 1 aliphatic heterocycles. The van der Waals surface area contributed by atoms with E-state index < -0.39 is 0 Å². The fourth-order valence-corrected chi connectivity index (χ4v) is 4.73. The molecule has 7 nitrogen and oxygen atoms in total. The zero-order chi connectivity index (χ0) is 24.4. The quantitative estimate of drug-likeness (QED) is 0.525. The minimum atomic E-state index is -0.389. The first kappa shape index (κ1) is 24.1. The number of aromatic hydroxyl groups is 2. The molecule has 0 spiro atoms. The summed E-state index contributed by atoms with van der Waals surface area (Å²) in [7, 11) is 0. The number of phenols is 2. The first-order valence-electron chi connectivity index (χ1n) is 12.1. The van der Waals surface area contributed by atoms with Gasteiger partial charge in [-0.3, -0.25) is 9.59 Å². The lowest BCUT2D eigenvalue weighted by Gasteiger charge is -2.18. The summed E-state index contributed by atoms with van der Waals surface area (Å²) < 4.78 is 5.58. The molecule has 182 valence electrons. The summed E-state index contributed by atoms with van der Waals surface area (Å²) in [5, 5.41) is 23.6. The summed E-state index contributed by atoms with van der Waals surface area (Å²) in [6.45, 7) is 7.11. The average molecular weight is 467 g/mol. The molecule has 1 amide bonds. The molecule has 0 aromatic heterocycles. The zero-order valence-corrected chi connectivity index (χ0v) is 20.1. The van der Waals surface area contributed by atoms with Crippen molar-refractivity contribution in [2.24, 2.45) is 0 Å². The minimum Gasteiger partial charge on any atom is -0.508 e. The van der Waals surface area contributed by atoms with Crippen LogP contribution in [-0.2, 0) is 29.2 Å². The van der Waals surface area contributed by atoms with Crippen LogP contribution in [0.2, 0.25) is 0 Å². The topological polar surface area (TPSA) is 99.1 Å². The average Bonchev–Trinajstić information content (AvgIpc) is 3.46. The van der Waals surface area contributed by atoms with Crippen molar-refractivity contribution in [2.45, 2.75) is 84.2 Å². The van der Waals surface area contributed by atoms with Gasteiger partial charge in [-0.25, -0.2) is 0 Å². The van der Waals surface area contributed by atoms with Gasteiger partial charge in [-0.1, -0.05) is 32.0 Å². The summed E-state index contributed by atoms with van der Waals surface area (Å²) in [5.41, 5.74) is 3.98. The van der Waals surface area contributed by atoms with Gasteiger partial charge in [-0.2, -0.15) is 0 Å². The molecular formula is C27H34N2O5. The van der Waals surface area contributed by atoms with Crippen LogP contribution in [0.4, 0.5) is 0 Å². The first-order valence-corrected chi connectivity index (χ1v) is 12.1. The number of hydrogen-bond donors (Lipinski definition) is 3. The van der Waals surface area contributed by atoms with Gasteiger partial charge in [0.15, 0.2) is 0 Å². The number of benzene rings is 2. The standard InChI is InChI=1S/C27H34N2O5/c1-16(2)22-11-23(25(31)12-24(22)30)26(32)29-14-19-9-8-18(10-20(19)15-29)13-28-17(3)27(33)34-21-6-4-5-7-21/h8-12,16-17,21,28,30-31H,4-7,13-15H2,1-3H3/t17-/m0/s1. The highest BCUT2D eigenvalue weighted by molar-refractivity contribution is 5.97. The van der Waals surface area contributed by atoms with Crippen LogP contribution < -0.4 is 5.32 Å². The van der Waals surface area contributed by atoms with E-state index >= 15 is 0 Å². The van der Waals surface area contributed by atoms with Crippen LogP contribution in [0, 0.1) is 0 Å². The Bertz CT molecular complexity index is 1070. The molecule has 2 aliphatic rings. The van der Waals surface area contributed by atoms with Crippen LogP contribution in [0.1, 0.15) is 85.0 Å². The van der Waals surface area contributed by atoms with Gasteiger partial charge in [-0.05, 0) is 66.8 Å². The van der Waals surface area contributed by atoms with E-state index in [0.717, 1.165) is 42.4 Å². The summed E-state index contributed by atoms with van der Waals surface area (Å²) in [5.74, 6) is -0.674. The fourth-order valence-electron chi connectivity index (χ4n) is 4.73. The molecule has 0 unspecified atom stereocenters. The number of fused-ring (bicyclic) bond motifs is 1. The summed E-state index contributed by atoms with van der Waals surface area (Å²) in [6, 6.07) is 8.51. The number of amides is 1. The summed E-state index contributed by atoms with van der Waals surface area (Å²) in [4.78, 5) is 27.2. The van der Waals surface area contributed by atoms with Crippen molar-refractivity contribution in [3.05, 3.63) is 58.1 Å². The van der Waals surface area contributed by atoms with Gasteiger partial charge in [0.25, 0.3) is 5.91 Å². The number of nitrogens with zero attached hydrogens (tertiary/aromatic N) is 1. The Morgan fingerprint density at radius 2 is 1.74 bits per heavy atom. The Hall–Kier alpha value is -3.06. The van der Waals surface area contributed by atoms with Gasteiger partial charge in [0.1, 0.15) is 23.6 Å². The molecule has 0 radical (unpaired) electrons. The van der Waals surface area contributed by atoms with Gasteiger partial charge in [-0.15, -0.1) is 0 Å². The van der Waals surface area contributed by atoms with Gasteiger partial charge >= 0.3 is 5.97 Å². The van der Waals surface area contributed by atoms with Crippen molar-refractivity contribution in [1.29, 1.82) is 0 Å². The number of nitrogens with one attached hydrogen (secondary N) is 1. The highest BCUT2D eigenvalue weighted by Gasteiger charge is 2.28. The van der Waals surface area contributed by atoms with E-state index in [9.17, 15) is 19.8 Å². The Morgan fingerprint density at radius 3 is 2.44 bits per heavy atom. The molecule has 1 heterocycles. The van der Waals surface area contributed by atoms with E-state index in [1.807, 2.05) is 32.9 Å². The molecule has 7 heteroatoms. The number of carbonyl (C=O) groups is 2. The van der Waals surface area contributed by atoms with Crippen molar-refractivity contribution < 1.29 is 24.5 Å². The molecule has 34 heavy (non-hydrogen) atoms. The Morgan fingerprint density at radius 1 is 1.03 bits per heavy atom. The highest BCUT2D eigenvalue weighted by Crippen LogP contribution is 2.34. The van der Waals surface area contributed by atoms with Crippen LogP contribution in [-0.4, -0.2) is 39.1 Å². The maximum absolute atomic E-state index is 13.2. The third kappa shape index (κ3) is 5.20. The van der Waals surface area contributed by atoms with Crippen molar-refractivity contribution in [1.82, 2.24) is 10.2 Å². The van der Waals surface area contributed by atoms with Crippen molar-refractivity contribution in [3.63, 3.8) is 0 Å². The molecule has 0 saturated heterocycles. The third-order valence-corrected chi connectivity index (χ3v) is 6.83. The van der Waals surface area contributed by atoms with Crippen molar-refractivity contribution in [3.8, 4) is 11.5 Å². The predicted octanol–water partition coefficient (Wildman–Crippen LogP) is 4.34. The van der Waals surface area contributed by atoms with E-state index in [1.54, 1.807) is 11.0 Å². The van der Waals surface area contributed by atoms with Crippen LogP contribution in [0.15, 0.2) is 30.3 Å². The second-order valence-corrected chi connectivity index (χ2v) is 9.79. The molecule has 4 rings (SSSR count). The fraction of sp³-hybridized carbons (Fsp3) is 0.481. The maximum atomic E-state index is 13.2. The van der Waals surface area contributed by atoms with Gasteiger partial charge in [0.2, 0.25) is 0 Å². The normalized spacial score (nSPS) is 16.6. The van der Waals surface area contributed by atoms with E-state index in [1.165, 1.54) is 6.07 Å². The number of hydrogen-bond acceptors (Lipinski definition) is 6. The molecule has 1 fully saturated rings. The van der Waals surface area contributed by atoms with E-state index in [2.05, 4.69) is 11.4 Å². The second kappa shape index (κ2) is 10.1. The predicted molar refractivity (Wildman–Crippen MR) is 129 cm³/mol. The molecule has 2 aromatic rings. The molecule has 1 saturated carbocycles. The lowest BCUT2D eigenvalue weighted by Crippen LogP contribution is -2.36. The van der Waals surface area contributed by atoms with Crippen LogP contribution in [0.3, 0.4) is 0 Å². The first-order chi connectivity index (χ1) is 16.2. The molecule has 3 N–H and O–H groups in total. The molecule has 0 bridgehead atoms. The Labute approximate surface area is 200 Å². The molecule has 1 aliphatic carbocycles. The van der Waals surface area contributed by atoms with E-state index in [-0.39, 0.29) is 47.0 Å². The minimum absolute atomic E-state index is 0.00717. The van der Waals surface area contributed by atoms with Gasteiger partial charge < -0.3 is 25.2 Å². The summed E-state index contributed by atoms with van der Waals surface area (Å²) in [6.07, 6.45) is 4.22. The monoisotopic (exact) mass is 466 g/mol. The number of rotatable bonds is 7. The van der Waals surface area contributed by atoms with Crippen LogP contribution in [0.5, 0.6) is 11.5 Å². The largest absolute Gasteiger partial charge is 0.508 e. The third-order valence-electron chi connectivity index (χ3n) is 6.83. The zero-order valence-electron chi connectivity index (χ0n) is 20.1. The number of ether oxygens (including phenoxy) is 1. The summed E-state index contributed by atoms with van der Waals surface area (Å²) >= 11 is 0. The van der Waals surface area contributed by atoms with Crippen LogP contribution in [0.25, 0.3) is 0 Å².